The first-order chi connectivity index (χ1) is 11.7. The Morgan fingerprint density at radius 3 is 2.23 bits per heavy atom. The van der Waals surface area contributed by atoms with Crippen LogP contribution in [0.2, 0.25) is 0 Å². The molecule has 0 aliphatic rings. The second-order valence-electron chi connectivity index (χ2n) is 5.72. The molecule has 0 fully saturated rings. The summed E-state index contributed by atoms with van der Waals surface area (Å²) in [6.45, 7) is 0.815. The number of pyridine rings is 2. The molecule has 0 aliphatic carbocycles. The first kappa shape index (κ1) is 20.2. The summed E-state index contributed by atoms with van der Waals surface area (Å²) in [7, 11) is -8.66. The van der Waals surface area contributed by atoms with Crippen molar-refractivity contribution in [3.05, 3.63) is 54.9 Å². The summed E-state index contributed by atoms with van der Waals surface area (Å²) in [5.74, 6) is 0. The number of hydrogen-bond acceptors (Lipinski definition) is 2. The second-order valence-corrected chi connectivity index (χ2v) is 7.64. The molecule has 1 aromatic carbocycles. The Morgan fingerprint density at radius 1 is 0.962 bits per heavy atom. The molecule has 0 aliphatic heterocycles. The number of halogens is 6. The number of likely N-dealkylation sites (N-methyl/N-ethyl adjacent to an activating group) is 1. The van der Waals surface area contributed by atoms with Crippen LogP contribution in [0.3, 0.4) is 0 Å². The van der Waals surface area contributed by atoms with Crippen LogP contribution in [0.4, 0.5) is 30.9 Å². The van der Waals surface area contributed by atoms with E-state index in [0.29, 0.717) is 6.54 Å². The Labute approximate surface area is 145 Å². The van der Waals surface area contributed by atoms with Gasteiger partial charge >= 0.3 is 33.0 Å². The molecule has 0 unspecified atom stereocenters. The summed E-state index contributed by atoms with van der Waals surface area (Å²) >= 11 is 0. The first-order valence-corrected chi connectivity index (χ1v) is 9.48. The Bertz CT molecular complexity index is 919. The van der Waals surface area contributed by atoms with E-state index in [1.54, 1.807) is 0 Å². The van der Waals surface area contributed by atoms with Gasteiger partial charge in [-0.3, -0.25) is 0 Å². The van der Waals surface area contributed by atoms with Gasteiger partial charge in [-0.2, -0.15) is 4.40 Å². The zero-order valence-corrected chi connectivity index (χ0v) is 14.6. The van der Waals surface area contributed by atoms with E-state index >= 15 is 0 Å². The predicted octanol–water partition coefficient (Wildman–Crippen LogP) is 5.39. The minimum atomic E-state index is -10.7. The molecule has 3 rings (SSSR count). The van der Waals surface area contributed by atoms with Gasteiger partial charge in [0.15, 0.2) is 12.4 Å². The van der Waals surface area contributed by atoms with E-state index in [1.165, 1.54) is 16.3 Å². The molecule has 1 N–H and O–H groups in total. The van der Waals surface area contributed by atoms with Crippen LogP contribution in [-0.2, 0) is 0 Å². The number of aliphatic hydroxyl groups is 1. The Morgan fingerprint density at radius 2 is 1.62 bits per heavy atom. The van der Waals surface area contributed by atoms with Crippen LogP contribution in [0.25, 0.3) is 16.3 Å². The fourth-order valence-electron chi connectivity index (χ4n) is 2.34. The third-order valence-corrected chi connectivity index (χ3v) is 3.45. The van der Waals surface area contributed by atoms with E-state index in [2.05, 4.69) is 52.0 Å². The standard InChI is InChI=1S/C16H17N2O.F6P/c1-17(8-9-19)15-6-5-13-12-18-7-3-2-4-16(18)11-14(13)10-15;1-7(2,3,4,5)6/h2-7,10-12,19H,8-9H2,1H3;/q+1;-1. The summed E-state index contributed by atoms with van der Waals surface area (Å²) in [6, 6.07) is 14.7. The van der Waals surface area contributed by atoms with Gasteiger partial charge in [-0.05, 0) is 29.7 Å². The van der Waals surface area contributed by atoms with Crippen molar-refractivity contribution in [1.29, 1.82) is 0 Å². The van der Waals surface area contributed by atoms with Crippen molar-refractivity contribution in [1.82, 2.24) is 0 Å². The number of nitrogens with zero attached hydrogens (tertiary/aromatic N) is 2. The molecule has 0 radical (unpaired) electrons. The molecule has 26 heavy (non-hydrogen) atoms. The van der Waals surface area contributed by atoms with E-state index in [9.17, 15) is 25.2 Å². The van der Waals surface area contributed by atoms with Crippen molar-refractivity contribution in [2.24, 2.45) is 0 Å². The van der Waals surface area contributed by atoms with Crippen LogP contribution >= 0.6 is 7.81 Å². The van der Waals surface area contributed by atoms with Crippen molar-refractivity contribution < 1.29 is 34.7 Å². The van der Waals surface area contributed by atoms with E-state index in [0.717, 1.165) is 5.69 Å². The third kappa shape index (κ3) is 7.01. The van der Waals surface area contributed by atoms with Gasteiger partial charge in [0.25, 0.3) is 0 Å². The van der Waals surface area contributed by atoms with E-state index in [4.69, 9.17) is 5.11 Å². The van der Waals surface area contributed by atoms with Crippen molar-refractivity contribution in [3.63, 3.8) is 0 Å². The van der Waals surface area contributed by atoms with Gasteiger partial charge in [0.05, 0.1) is 6.61 Å². The van der Waals surface area contributed by atoms with Gasteiger partial charge in [-0.15, -0.1) is 0 Å². The number of benzene rings is 1. The van der Waals surface area contributed by atoms with Gasteiger partial charge in [-0.25, -0.2) is 0 Å². The molecule has 0 bridgehead atoms. The molecule has 0 spiro atoms. The van der Waals surface area contributed by atoms with Gasteiger partial charge in [0.1, 0.15) is 0 Å². The summed E-state index contributed by atoms with van der Waals surface area (Å²) in [6.07, 6.45) is 4.20. The van der Waals surface area contributed by atoms with Crippen molar-refractivity contribution in [2.45, 2.75) is 0 Å². The van der Waals surface area contributed by atoms with Crippen LogP contribution in [0.5, 0.6) is 0 Å². The van der Waals surface area contributed by atoms with Gasteiger partial charge in [0.2, 0.25) is 5.52 Å². The normalized spacial score (nSPS) is 14.3. The van der Waals surface area contributed by atoms with Gasteiger partial charge in [0, 0.05) is 42.9 Å². The molecule has 3 aromatic rings. The molecule has 2 heterocycles. The van der Waals surface area contributed by atoms with Crippen LogP contribution in [0.1, 0.15) is 0 Å². The first-order valence-electron chi connectivity index (χ1n) is 7.45. The number of hydrogen-bond donors (Lipinski definition) is 1. The molecule has 10 heteroatoms. The van der Waals surface area contributed by atoms with Crippen molar-refractivity contribution in [3.8, 4) is 0 Å². The third-order valence-electron chi connectivity index (χ3n) is 3.45. The molecule has 3 nitrogen and oxygen atoms in total. The SMILES string of the molecule is CN(CCO)c1ccc2c[n+]3ccccc3cc2c1.F[P-](F)(F)(F)(F)F. The monoisotopic (exact) mass is 398 g/mol. The quantitative estimate of drug-likeness (QED) is 0.277. The number of rotatable bonds is 3. The topological polar surface area (TPSA) is 27.6 Å². The fraction of sp³-hybridized carbons (Fsp3) is 0.188. The van der Waals surface area contributed by atoms with Gasteiger partial charge < -0.3 is 10.0 Å². The van der Waals surface area contributed by atoms with Crippen LogP contribution in [-0.4, -0.2) is 25.3 Å². The maximum atomic E-state index is 9.87. The molecule has 0 amide bonds. The Kier molecular flexibility index (Phi) is 4.85. The zero-order valence-electron chi connectivity index (χ0n) is 13.7. The number of anilines is 1. The number of fused-ring (bicyclic) bond motifs is 2. The molecule has 0 atom stereocenters. The average Bonchev–Trinajstić information content (AvgIpc) is 2.49. The van der Waals surface area contributed by atoms with E-state index in [-0.39, 0.29) is 6.61 Å². The van der Waals surface area contributed by atoms with Crippen molar-refractivity contribution in [2.75, 3.05) is 25.1 Å². The summed E-state index contributed by atoms with van der Waals surface area (Å²) in [5.41, 5.74) is 2.30. The summed E-state index contributed by atoms with van der Waals surface area (Å²) in [4.78, 5) is 2.06. The average molecular weight is 398 g/mol. The minimum absolute atomic E-state index is 0.169. The molecular weight excluding hydrogens is 381 g/mol. The number of aromatic nitrogens is 1. The Hall–Kier alpha value is -2.12. The van der Waals surface area contributed by atoms with Crippen LogP contribution in [0.15, 0.2) is 54.9 Å². The number of aliphatic hydroxyl groups excluding tert-OH is 1. The summed E-state index contributed by atoms with van der Waals surface area (Å²) in [5, 5.41) is 11.4. The van der Waals surface area contributed by atoms with Crippen LogP contribution in [0, 0.1) is 0 Å². The van der Waals surface area contributed by atoms with Crippen molar-refractivity contribution >= 4 is 29.8 Å². The van der Waals surface area contributed by atoms with E-state index < -0.39 is 7.81 Å². The predicted molar refractivity (Wildman–Crippen MR) is 91.0 cm³/mol. The second kappa shape index (κ2) is 6.25. The van der Waals surface area contributed by atoms with E-state index in [1.807, 2.05) is 19.2 Å². The molecule has 0 saturated heterocycles. The van der Waals surface area contributed by atoms with Gasteiger partial charge in [-0.1, -0.05) is 0 Å². The molecule has 2 aromatic heterocycles. The fourth-order valence-corrected chi connectivity index (χ4v) is 2.34. The molecule has 0 saturated carbocycles. The Balaban J connectivity index is 0.000000298. The maximum absolute atomic E-state index is 10.7. The summed E-state index contributed by atoms with van der Waals surface area (Å²) < 4.78 is 61.3. The molecule has 144 valence electrons. The zero-order chi connectivity index (χ0) is 19.7. The molecular formula is C16H17F6N2OP. The van der Waals surface area contributed by atoms with Crippen LogP contribution < -0.4 is 9.30 Å².